The molecular formula is C4H9F3N2O2S. The van der Waals surface area contributed by atoms with E-state index >= 15 is 0 Å². The Hall–Kier alpha value is -0.340. The molecule has 0 aromatic rings. The van der Waals surface area contributed by atoms with Gasteiger partial charge in [0.1, 0.15) is 0 Å². The number of nitrogens with two attached hydrogens (primary N) is 1. The van der Waals surface area contributed by atoms with Gasteiger partial charge < -0.3 is 5.73 Å². The molecule has 0 unspecified atom stereocenters. The summed E-state index contributed by atoms with van der Waals surface area (Å²) in [6.45, 7) is -0.492. The van der Waals surface area contributed by atoms with Crippen LogP contribution in [0.5, 0.6) is 0 Å². The zero-order chi connectivity index (χ0) is 9.99. The topological polar surface area (TPSA) is 63.4 Å². The van der Waals surface area contributed by atoms with Crippen molar-refractivity contribution in [3.8, 4) is 0 Å². The zero-order valence-electron chi connectivity index (χ0n) is 6.30. The monoisotopic (exact) mass is 206 g/mol. The number of nitrogens with zero attached hydrogens (tertiary/aromatic N) is 1. The van der Waals surface area contributed by atoms with Crippen LogP contribution in [-0.4, -0.2) is 38.4 Å². The maximum Gasteiger partial charge on any atom is 0.511 e. The number of likely N-dealkylation sites (N-methyl/N-ethyl adjacent to an activating group) is 1. The van der Waals surface area contributed by atoms with E-state index in [9.17, 15) is 21.6 Å². The lowest BCUT2D eigenvalue weighted by Gasteiger charge is -2.17. The summed E-state index contributed by atoms with van der Waals surface area (Å²) in [4.78, 5) is 0. The SMILES string of the molecule is CN(CCN)S(=O)(=O)C(F)(F)F. The molecule has 0 atom stereocenters. The molecule has 8 heteroatoms. The molecule has 0 rings (SSSR count). The molecule has 0 heterocycles. The molecule has 0 bridgehead atoms. The van der Waals surface area contributed by atoms with Crippen molar-refractivity contribution in [2.75, 3.05) is 20.1 Å². The van der Waals surface area contributed by atoms with Crippen LogP contribution in [0.25, 0.3) is 0 Å². The normalized spacial score (nSPS) is 13.8. The lowest BCUT2D eigenvalue weighted by molar-refractivity contribution is -0.0481. The highest BCUT2D eigenvalue weighted by molar-refractivity contribution is 7.89. The van der Waals surface area contributed by atoms with Gasteiger partial charge in [-0.25, -0.2) is 8.42 Å². The third-order valence-electron chi connectivity index (χ3n) is 1.15. The number of halogens is 3. The molecule has 0 saturated carbocycles. The van der Waals surface area contributed by atoms with Crippen molar-refractivity contribution < 1.29 is 21.6 Å². The Morgan fingerprint density at radius 3 is 2.08 bits per heavy atom. The van der Waals surface area contributed by atoms with Gasteiger partial charge >= 0.3 is 15.5 Å². The fourth-order valence-corrected chi connectivity index (χ4v) is 1.18. The molecule has 0 fully saturated rings. The van der Waals surface area contributed by atoms with Gasteiger partial charge in [-0.2, -0.15) is 17.5 Å². The van der Waals surface area contributed by atoms with Crippen molar-refractivity contribution in [1.29, 1.82) is 0 Å². The lowest BCUT2D eigenvalue weighted by atomic mass is 10.7. The summed E-state index contributed by atoms with van der Waals surface area (Å²) in [6.07, 6.45) is 0. The van der Waals surface area contributed by atoms with Crippen LogP contribution >= 0.6 is 0 Å². The van der Waals surface area contributed by atoms with Gasteiger partial charge in [-0.3, -0.25) is 0 Å². The highest BCUT2D eigenvalue weighted by Gasteiger charge is 2.48. The smallest absolute Gasteiger partial charge is 0.329 e. The largest absolute Gasteiger partial charge is 0.511 e. The maximum atomic E-state index is 11.7. The summed E-state index contributed by atoms with van der Waals surface area (Å²) in [5.41, 5.74) is -0.343. The second kappa shape index (κ2) is 3.58. The van der Waals surface area contributed by atoms with Crippen molar-refractivity contribution in [2.24, 2.45) is 5.73 Å². The van der Waals surface area contributed by atoms with Gasteiger partial charge in [0.25, 0.3) is 0 Å². The Morgan fingerprint density at radius 1 is 1.42 bits per heavy atom. The minimum atomic E-state index is -5.24. The van der Waals surface area contributed by atoms with Gasteiger partial charge in [0.2, 0.25) is 0 Å². The fourth-order valence-electron chi connectivity index (χ4n) is 0.479. The van der Waals surface area contributed by atoms with Crippen LogP contribution in [0, 0.1) is 0 Å². The molecule has 74 valence electrons. The zero-order valence-corrected chi connectivity index (χ0v) is 7.11. The molecule has 12 heavy (non-hydrogen) atoms. The van der Waals surface area contributed by atoms with E-state index < -0.39 is 15.5 Å². The van der Waals surface area contributed by atoms with Crippen molar-refractivity contribution in [2.45, 2.75) is 5.51 Å². The molecule has 0 aliphatic carbocycles. The van der Waals surface area contributed by atoms with Crippen molar-refractivity contribution in [3.63, 3.8) is 0 Å². The second-order valence-corrected chi connectivity index (χ2v) is 4.10. The Morgan fingerprint density at radius 2 is 1.83 bits per heavy atom. The summed E-state index contributed by atoms with van der Waals surface area (Å²) >= 11 is 0. The predicted octanol–water partition coefficient (Wildman–Crippen LogP) is -0.273. The Labute approximate surface area is 68.2 Å². The van der Waals surface area contributed by atoms with Crippen LogP contribution in [0.4, 0.5) is 13.2 Å². The van der Waals surface area contributed by atoms with Crippen LogP contribution in [0.1, 0.15) is 0 Å². The molecule has 0 aromatic carbocycles. The fraction of sp³-hybridized carbons (Fsp3) is 1.00. The number of rotatable bonds is 3. The molecule has 0 aromatic heterocycles. The van der Waals surface area contributed by atoms with E-state index in [1.54, 1.807) is 0 Å². The van der Waals surface area contributed by atoms with Crippen LogP contribution < -0.4 is 5.73 Å². The summed E-state index contributed by atoms with van der Waals surface area (Å²) in [5, 5.41) is 0. The van der Waals surface area contributed by atoms with Crippen LogP contribution in [0.2, 0.25) is 0 Å². The first-order chi connectivity index (χ1) is 5.23. The van der Waals surface area contributed by atoms with E-state index in [4.69, 9.17) is 5.73 Å². The van der Waals surface area contributed by atoms with E-state index in [1.165, 1.54) is 0 Å². The first kappa shape index (κ1) is 11.7. The molecule has 2 N–H and O–H groups in total. The van der Waals surface area contributed by atoms with Crippen molar-refractivity contribution in [1.82, 2.24) is 4.31 Å². The molecule has 0 aliphatic rings. The van der Waals surface area contributed by atoms with E-state index in [2.05, 4.69) is 0 Å². The van der Waals surface area contributed by atoms with E-state index in [0.717, 1.165) is 7.05 Å². The number of hydrogen-bond acceptors (Lipinski definition) is 3. The summed E-state index contributed by atoms with van der Waals surface area (Å²) < 4.78 is 56.4. The van der Waals surface area contributed by atoms with Gasteiger partial charge in [-0.15, -0.1) is 0 Å². The van der Waals surface area contributed by atoms with Gasteiger partial charge in [0.15, 0.2) is 0 Å². The number of sulfonamides is 1. The standard InChI is InChI=1S/C4H9F3N2O2S/c1-9(3-2-8)12(10,11)4(5,6)7/h2-3,8H2,1H3. The lowest BCUT2D eigenvalue weighted by Crippen LogP contribution is -2.40. The van der Waals surface area contributed by atoms with E-state index in [-0.39, 0.29) is 17.4 Å². The average Bonchev–Trinajstić information content (AvgIpc) is 1.85. The summed E-state index contributed by atoms with van der Waals surface area (Å²) in [6, 6.07) is 0. The first-order valence-electron chi connectivity index (χ1n) is 2.96. The van der Waals surface area contributed by atoms with Crippen LogP contribution in [-0.2, 0) is 10.0 Å². The number of alkyl halides is 3. The predicted molar refractivity (Wildman–Crippen MR) is 36.7 cm³/mol. The molecule has 0 amide bonds. The van der Waals surface area contributed by atoms with Crippen LogP contribution in [0.3, 0.4) is 0 Å². The molecule has 0 radical (unpaired) electrons. The third-order valence-corrected chi connectivity index (χ3v) is 2.73. The maximum absolute atomic E-state index is 11.7. The van der Waals surface area contributed by atoms with Crippen LogP contribution in [0.15, 0.2) is 0 Å². The Bertz CT molecular complexity index is 235. The summed E-state index contributed by atoms with van der Waals surface area (Å²) in [7, 11) is -4.36. The quantitative estimate of drug-likeness (QED) is 0.691. The highest BCUT2D eigenvalue weighted by atomic mass is 32.2. The van der Waals surface area contributed by atoms with E-state index in [1.807, 2.05) is 0 Å². The Kier molecular flexibility index (Phi) is 3.48. The van der Waals surface area contributed by atoms with Crippen molar-refractivity contribution in [3.05, 3.63) is 0 Å². The van der Waals surface area contributed by atoms with Gasteiger partial charge in [0, 0.05) is 20.1 Å². The molecule has 0 saturated heterocycles. The number of hydrogen-bond donors (Lipinski definition) is 1. The first-order valence-corrected chi connectivity index (χ1v) is 4.40. The van der Waals surface area contributed by atoms with Crippen molar-refractivity contribution >= 4 is 10.0 Å². The summed E-state index contributed by atoms with van der Waals surface area (Å²) in [5.74, 6) is 0. The third kappa shape index (κ3) is 2.32. The molecule has 0 aliphatic heterocycles. The molecule has 4 nitrogen and oxygen atoms in total. The van der Waals surface area contributed by atoms with Gasteiger partial charge in [-0.05, 0) is 0 Å². The van der Waals surface area contributed by atoms with Gasteiger partial charge in [-0.1, -0.05) is 0 Å². The van der Waals surface area contributed by atoms with E-state index in [0.29, 0.717) is 0 Å². The molecular weight excluding hydrogens is 197 g/mol. The molecule has 0 spiro atoms. The average molecular weight is 206 g/mol. The minimum Gasteiger partial charge on any atom is -0.329 e. The second-order valence-electron chi connectivity index (χ2n) is 2.06. The Balaban J connectivity index is 4.64. The van der Waals surface area contributed by atoms with Gasteiger partial charge in [0.05, 0.1) is 0 Å². The highest BCUT2D eigenvalue weighted by Crippen LogP contribution is 2.25. The minimum absolute atomic E-state index is 0.147.